The molecule has 7 heteroatoms. The van der Waals surface area contributed by atoms with Crippen LogP contribution in [-0.4, -0.2) is 54.2 Å². The number of carbonyl (C=O) groups is 1. The van der Waals surface area contributed by atoms with Crippen LogP contribution in [0.3, 0.4) is 0 Å². The summed E-state index contributed by atoms with van der Waals surface area (Å²) in [4.78, 5) is 25.8. The van der Waals surface area contributed by atoms with E-state index < -0.39 is 0 Å². The van der Waals surface area contributed by atoms with Crippen LogP contribution in [0.2, 0.25) is 0 Å². The number of likely N-dealkylation sites (tertiary alicyclic amines) is 1. The molecule has 1 aliphatic heterocycles. The Balaban J connectivity index is 1.73. The maximum atomic E-state index is 12.9. The Bertz CT molecular complexity index is 778. The summed E-state index contributed by atoms with van der Waals surface area (Å²) in [6, 6.07) is 3.93. The summed E-state index contributed by atoms with van der Waals surface area (Å²) < 4.78 is 10.7. The number of piperidine rings is 1. The van der Waals surface area contributed by atoms with Crippen molar-refractivity contribution in [1.29, 1.82) is 0 Å². The van der Waals surface area contributed by atoms with Crippen LogP contribution in [0.25, 0.3) is 0 Å². The van der Waals surface area contributed by atoms with E-state index in [-0.39, 0.29) is 11.8 Å². The number of thiophene rings is 1. The molecule has 1 unspecified atom stereocenters. The molecule has 3 rings (SSSR count). The number of nitrogens with zero attached hydrogens (tertiary/aromatic N) is 3. The highest BCUT2D eigenvalue weighted by atomic mass is 32.1. The topological polar surface area (TPSA) is 64.6 Å². The molecule has 2 aromatic rings. The zero-order chi connectivity index (χ0) is 19.2. The fourth-order valence-corrected chi connectivity index (χ4v) is 4.23. The van der Waals surface area contributed by atoms with E-state index >= 15 is 0 Å². The van der Waals surface area contributed by atoms with Crippen molar-refractivity contribution in [2.75, 3.05) is 33.4 Å². The van der Waals surface area contributed by atoms with Crippen LogP contribution in [0.4, 0.5) is 0 Å². The largest absolute Gasteiger partial charge is 0.382 e. The Morgan fingerprint density at radius 3 is 2.93 bits per heavy atom. The van der Waals surface area contributed by atoms with Crippen LogP contribution in [0.15, 0.2) is 18.3 Å². The standard InChI is InChI=1S/C20H27N3O3S/c1-14-6-7-18(27-14)20(24)23-8-4-5-16(12-23)19-17(11-21-15(2)22-19)13-26-10-9-25-3/h6-7,11,16H,4-5,8-10,12-13H2,1-3H3. The zero-order valence-corrected chi connectivity index (χ0v) is 17.1. The van der Waals surface area contributed by atoms with E-state index in [1.54, 1.807) is 18.4 Å². The normalized spacial score (nSPS) is 17.3. The number of aryl methyl sites for hydroxylation is 2. The maximum Gasteiger partial charge on any atom is 0.263 e. The molecule has 2 aromatic heterocycles. The van der Waals surface area contributed by atoms with Gasteiger partial charge in [-0.2, -0.15) is 0 Å². The number of aromatic nitrogens is 2. The summed E-state index contributed by atoms with van der Waals surface area (Å²) in [7, 11) is 1.66. The van der Waals surface area contributed by atoms with Crippen molar-refractivity contribution in [2.24, 2.45) is 0 Å². The zero-order valence-electron chi connectivity index (χ0n) is 16.2. The Kier molecular flexibility index (Phi) is 6.93. The molecule has 146 valence electrons. The first-order valence-corrected chi connectivity index (χ1v) is 10.1. The van der Waals surface area contributed by atoms with Crippen LogP contribution in [-0.2, 0) is 16.1 Å². The molecule has 1 aliphatic rings. The van der Waals surface area contributed by atoms with Gasteiger partial charge in [0.1, 0.15) is 5.82 Å². The minimum atomic E-state index is 0.126. The van der Waals surface area contributed by atoms with Gasteiger partial charge in [0.05, 0.1) is 30.4 Å². The lowest BCUT2D eigenvalue weighted by molar-refractivity contribution is 0.0603. The first kappa shape index (κ1) is 19.9. The summed E-state index contributed by atoms with van der Waals surface area (Å²) in [5.74, 6) is 1.09. The van der Waals surface area contributed by atoms with Crippen LogP contribution in [0.5, 0.6) is 0 Å². The third kappa shape index (κ3) is 5.12. The number of ether oxygens (including phenoxy) is 2. The third-order valence-electron chi connectivity index (χ3n) is 4.75. The molecule has 1 saturated heterocycles. The predicted molar refractivity (Wildman–Crippen MR) is 105 cm³/mol. The van der Waals surface area contributed by atoms with Crippen molar-refractivity contribution >= 4 is 17.2 Å². The highest BCUT2D eigenvalue weighted by Crippen LogP contribution is 2.30. The fourth-order valence-electron chi connectivity index (χ4n) is 3.39. The van der Waals surface area contributed by atoms with E-state index in [0.29, 0.717) is 26.4 Å². The van der Waals surface area contributed by atoms with Crippen LogP contribution in [0.1, 0.15) is 50.4 Å². The van der Waals surface area contributed by atoms with E-state index in [1.165, 1.54) is 0 Å². The molecule has 0 N–H and O–H groups in total. The van der Waals surface area contributed by atoms with E-state index in [1.807, 2.05) is 37.1 Å². The van der Waals surface area contributed by atoms with Gasteiger partial charge in [-0.05, 0) is 38.8 Å². The van der Waals surface area contributed by atoms with Crippen molar-refractivity contribution in [3.63, 3.8) is 0 Å². The Hall–Kier alpha value is -1.83. The van der Waals surface area contributed by atoms with Gasteiger partial charge in [-0.15, -0.1) is 11.3 Å². The molecule has 0 spiro atoms. The molecule has 1 fully saturated rings. The van der Waals surface area contributed by atoms with Crippen molar-refractivity contribution in [2.45, 2.75) is 39.2 Å². The predicted octanol–water partition coefficient (Wildman–Crippen LogP) is 3.34. The quantitative estimate of drug-likeness (QED) is 0.680. The lowest BCUT2D eigenvalue weighted by Crippen LogP contribution is -2.39. The highest BCUT2D eigenvalue weighted by molar-refractivity contribution is 7.13. The number of amides is 1. The van der Waals surface area contributed by atoms with Crippen molar-refractivity contribution in [3.05, 3.63) is 45.2 Å². The molecule has 0 radical (unpaired) electrons. The third-order valence-corrected chi connectivity index (χ3v) is 5.74. The average molecular weight is 390 g/mol. The second-order valence-corrected chi connectivity index (χ2v) is 8.16. The Labute approximate surface area is 164 Å². The van der Waals surface area contributed by atoms with Crippen molar-refractivity contribution in [3.8, 4) is 0 Å². The molecule has 6 nitrogen and oxygen atoms in total. The number of hydrogen-bond donors (Lipinski definition) is 0. The molecular formula is C20H27N3O3S. The van der Waals surface area contributed by atoms with Gasteiger partial charge in [0, 0.05) is 42.8 Å². The monoisotopic (exact) mass is 389 g/mol. The van der Waals surface area contributed by atoms with Crippen LogP contribution < -0.4 is 0 Å². The summed E-state index contributed by atoms with van der Waals surface area (Å²) in [6.45, 7) is 6.99. The second kappa shape index (κ2) is 9.39. The molecular weight excluding hydrogens is 362 g/mol. The summed E-state index contributed by atoms with van der Waals surface area (Å²) in [5, 5.41) is 0. The molecule has 0 bridgehead atoms. The van der Waals surface area contributed by atoms with Gasteiger partial charge in [0.2, 0.25) is 0 Å². The SMILES string of the molecule is COCCOCc1cnc(C)nc1C1CCCN(C(=O)c2ccc(C)s2)C1. The Morgan fingerprint density at radius 2 is 2.19 bits per heavy atom. The fraction of sp³-hybridized carbons (Fsp3) is 0.550. The molecule has 0 aliphatic carbocycles. The van der Waals surface area contributed by atoms with E-state index in [2.05, 4.69) is 4.98 Å². The maximum absolute atomic E-state index is 12.9. The van der Waals surface area contributed by atoms with Gasteiger partial charge in [0.25, 0.3) is 5.91 Å². The van der Waals surface area contributed by atoms with Gasteiger partial charge >= 0.3 is 0 Å². The van der Waals surface area contributed by atoms with Gasteiger partial charge in [-0.3, -0.25) is 4.79 Å². The number of hydrogen-bond acceptors (Lipinski definition) is 6. The first-order chi connectivity index (χ1) is 13.1. The minimum absolute atomic E-state index is 0.126. The second-order valence-electron chi connectivity index (χ2n) is 6.87. The molecule has 0 saturated carbocycles. The summed E-state index contributed by atoms with van der Waals surface area (Å²) >= 11 is 1.56. The molecule has 3 heterocycles. The van der Waals surface area contributed by atoms with Gasteiger partial charge in [0.15, 0.2) is 0 Å². The van der Waals surface area contributed by atoms with E-state index in [0.717, 1.165) is 46.2 Å². The van der Waals surface area contributed by atoms with Crippen molar-refractivity contribution < 1.29 is 14.3 Å². The van der Waals surface area contributed by atoms with E-state index in [4.69, 9.17) is 14.5 Å². The first-order valence-electron chi connectivity index (χ1n) is 9.33. The lowest BCUT2D eigenvalue weighted by Gasteiger charge is -2.33. The number of carbonyl (C=O) groups excluding carboxylic acids is 1. The van der Waals surface area contributed by atoms with E-state index in [9.17, 15) is 4.79 Å². The van der Waals surface area contributed by atoms with Gasteiger partial charge in [-0.1, -0.05) is 0 Å². The number of rotatable bonds is 7. The van der Waals surface area contributed by atoms with Gasteiger partial charge < -0.3 is 14.4 Å². The molecule has 1 atom stereocenters. The van der Waals surface area contributed by atoms with Crippen LogP contribution in [0, 0.1) is 13.8 Å². The Morgan fingerprint density at radius 1 is 1.33 bits per heavy atom. The minimum Gasteiger partial charge on any atom is -0.382 e. The summed E-state index contributed by atoms with van der Waals surface area (Å²) in [6.07, 6.45) is 3.86. The van der Waals surface area contributed by atoms with Crippen molar-refractivity contribution in [1.82, 2.24) is 14.9 Å². The number of methoxy groups -OCH3 is 1. The lowest BCUT2D eigenvalue weighted by atomic mass is 9.92. The highest BCUT2D eigenvalue weighted by Gasteiger charge is 2.28. The smallest absolute Gasteiger partial charge is 0.263 e. The summed E-state index contributed by atoms with van der Waals surface area (Å²) in [5.41, 5.74) is 2.02. The molecule has 0 aromatic carbocycles. The van der Waals surface area contributed by atoms with Crippen LogP contribution >= 0.6 is 11.3 Å². The molecule has 1 amide bonds. The average Bonchev–Trinajstić information content (AvgIpc) is 3.12. The molecule has 27 heavy (non-hydrogen) atoms. The van der Waals surface area contributed by atoms with Gasteiger partial charge in [-0.25, -0.2) is 9.97 Å².